The molecule has 1 aliphatic rings. The summed E-state index contributed by atoms with van der Waals surface area (Å²) in [5.41, 5.74) is 2.10. The van der Waals surface area contributed by atoms with Crippen molar-refractivity contribution in [1.29, 1.82) is 0 Å². The number of allylic oxidation sites excluding steroid dienone is 4. The molecule has 0 bridgehead atoms. The number of hydrogen-bond donors (Lipinski definition) is 0. The van der Waals surface area contributed by atoms with Gasteiger partial charge in [-0.3, -0.25) is 4.79 Å². The van der Waals surface area contributed by atoms with E-state index in [2.05, 4.69) is 17.8 Å². The van der Waals surface area contributed by atoms with Gasteiger partial charge in [-0.05, 0) is 6.42 Å². The molecule has 1 aromatic carbocycles. The third kappa shape index (κ3) is 3.55. The number of terminal acetylenes is 1. The monoisotopic (exact) mass is 278 g/mol. The lowest BCUT2D eigenvalue weighted by Crippen LogP contribution is -2.04. The maximum Gasteiger partial charge on any atom is 0.308 e. The van der Waals surface area contributed by atoms with E-state index in [1.54, 1.807) is 19.2 Å². The lowest BCUT2D eigenvalue weighted by atomic mass is 10.1. The Morgan fingerprint density at radius 2 is 2.00 bits per heavy atom. The van der Waals surface area contributed by atoms with Crippen molar-refractivity contribution in [3.05, 3.63) is 47.1 Å². The lowest BCUT2D eigenvalue weighted by Gasteiger charge is -2.09. The number of rotatable bonds is 2. The summed E-state index contributed by atoms with van der Waals surface area (Å²) >= 11 is 0. The lowest BCUT2D eigenvalue weighted by molar-refractivity contribution is -0.131. The second-order valence-electron chi connectivity index (χ2n) is 4.36. The van der Waals surface area contributed by atoms with Gasteiger partial charge in [-0.1, -0.05) is 36.0 Å². The summed E-state index contributed by atoms with van der Waals surface area (Å²) in [5.74, 6) is 9.00. The summed E-state index contributed by atoms with van der Waals surface area (Å²) in [6, 6.07) is 3.27. The molecule has 2 rings (SSSR count). The average molecular weight is 278 g/mol. The normalized spacial score (nSPS) is 12.0. The molecule has 0 radical (unpaired) electrons. The first-order valence-electron chi connectivity index (χ1n) is 6.39. The van der Waals surface area contributed by atoms with E-state index in [1.165, 1.54) is 6.92 Å². The molecule has 0 heterocycles. The van der Waals surface area contributed by atoms with Gasteiger partial charge in [-0.25, -0.2) is 0 Å². The molecule has 0 saturated heterocycles. The second kappa shape index (κ2) is 6.50. The maximum absolute atomic E-state index is 11.1. The van der Waals surface area contributed by atoms with Crippen LogP contribution in [0.15, 0.2) is 35.9 Å². The molecule has 1 aromatic rings. The van der Waals surface area contributed by atoms with Crippen molar-refractivity contribution in [3.63, 3.8) is 0 Å². The molecule has 0 aliphatic heterocycles. The van der Waals surface area contributed by atoms with Crippen molar-refractivity contribution < 1.29 is 14.3 Å². The third-order valence-electron chi connectivity index (χ3n) is 2.84. The van der Waals surface area contributed by atoms with Gasteiger partial charge in [-0.2, -0.15) is 0 Å². The molecule has 0 N–H and O–H groups in total. The van der Waals surface area contributed by atoms with Crippen molar-refractivity contribution in [2.45, 2.75) is 13.3 Å². The van der Waals surface area contributed by atoms with Crippen LogP contribution in [0.3, 0.4) is 0 Å². The molecule has 21 heavy (non-hydrogen) atoms. The van der Waals surface area contributed by atoms with Crippen LogP contribution in [-0.2, 0) is 4.79 Å². The van der Waals surface area contributed by atoms with Crippen molar-refractivity contribution in [2.75, 3.05) is 7.11 Å². The third-order valence-corrected chi connectivity index (χ3v) is 2.84. The molecule has 3 heteroatoms. The molecule has 0 fully saturated rings. The Hall–Kier alpha value is -2.91. The number of carbonyl (C=O) groups is 1. The van der Waals surface area contributed by atoms with E-state index >= 15 is 0 Å². The fraction of sp³-hybridized carbons (Fsp3) is 0.167. The summed E-state index contributed by atoms with van der Waals surface area (Å²) in [5, 5.41) is 0. The Morgan fingerprint density at radius 3 is 2.57 bits per heavy atom. The fourth-order valence-corrected chi connectivity index (χ4v) is 1.87. The second-order valence-corrected chi connectivity index (χ2v) is 4.36. The van der Waals surface area contributed by atoms with E-state index in [0.29, 0.717) is 22.6 Å². The van der Waals surface area contributed by atoms with Crippen molar-refractivity contribution >= 4 is 5.97 Å². The van der Waals surface area contributed by atoms with Crippen LogP contribution >= 0.6 is 0 Å². The first kappa shape index (κ1) is 14.5. The number of carbonyl (C=O) groups excluding carboxylic acids is 1. The highest BCUT2D eigenvalue weighted by atomic mass is 16.5. The Labute approximate surface area is 124 Å². The van der Waals surface area contributed by atoms with E-state index in [1.807, 2.05) is 18.2 Å². The van der Waals surface area contributed by atoms with Gasteiger partial charge in [0.05, 0.1) is 18.2 Å². The van der Waals surface area contributed by atoms with E-state index in [0.717, 1.165) is 12.0 Å². The predicted octanol–water partition coefficient (Wildman–Crippen LogP) is 2.84. The van der Waals surface area contributed by atoms with Gasteiger partial charge in [0.1, 0.15) is 11.5 Å². The number of ether oxygens (including phenoxy) is 2. The quantitative estimate of drug-likeness (QED) is 0.474. The van der Waals surface area contributed by atoms with Crippen LogP contribution in [0.4, 0.5) is 0 Å². The highest BCUT2D eigenvalue weighted by Crippen LogP contribution is 2.28. The van der Waals surface area contributed by atoms with Gasteiger partial charge in [0.15, 0.2) is 0 Å². The molecule has 0 saturated carbocycles. The minimum absolute atomic E-state index is 0.314. The molecule has 1 aliphatic carbocycles. The molecule has 104 valence electrons. The van der Waals surface area contributed by atoms with Crippen LogP contribution in [0, 0.1) is 24.2 Å². The highest BCUT2D eigenvalue weighted by Gasteiger charge is 2.11. The molecule has 0 amide bonds. The number of benzene rings is 1. The predicted molar refractivity (Wildman–Crippen MR) is 81.0 cm³/mol. The number of esters is 1. The molecule has 0 unspecified atom stereocenters. The maximum atomic E-state index is 11.1. The smallest absolute Gasteiger partial charge is 0.308 e. The van der Waals surface area contributed by atoms with Crippen molar-refractivity contribution in [1.82, 2.24) is 0 Å². The average Bonchev–Trinajstić information content (AvgIpc) is 2.97. The van der Waals surface area contributed by atoms with Gasteiger partial charge < -0.3 is 9.47 Å². The van der Waals surface area contributed by atoms with Crippen LogP contribution in [0.1, 0.15) is 24.5 Å². The van der Waals surface area contributed by atoms with E-state index < -0.39 is 5.97 Å². The first-order valence-corrected chi connectivity index (χ1v) is 6.39. The molecule has 0 spiro atoms. The van der Waals surface area contributed by atoms with Crippen molar-refractivity contribution in [2.24, 2.45) is 0 Å². The van der Waals surface area contributed by atoms with Gasteiger partial charge >= 0.3 is 5.97 Å². The van der Waals surface area contributed by atoms with Gasteiger partial charge in [0, 0.05) is 24.6 Å². The van der Waals surface area contributed by atoms with Crippen LogP contribution in [0.5, 0.6) is 11.5 Å². The van der Waals surface area contributed by atoms with Gasteiger partial charge in [0.2, 0.25) is 0 Å². The topological polar surface area (TPSA) is 35.5 Å². The highest BCUT2D eigenvalue weighted by molar-refractivity contribution is 5.71. The minimum atomic E-state index is -0.432. The Morgan fingerprint density at radius 1 is 1.24 bits per heavy atom. The number of methoxy groups -OCH3 is 1. The molecular formula is C18H14O3. The van der Waals surface area contributed by atoms with E-state index in [4.69, 9.17) is 15.9 Å². The summed E-state index contributed by atoms with van der Waals surface area (Å²) in [4.78, 5) is 11.1. The van der Waals surface area contributed by atoms with Crippen LogP contribution in [-0.4, -0.2) is 13.1 Å². The zero-order chi connectivity index (χ0) is 15.2. The zero-order valence-corrected chi connectivity index (χ0v) is 11.9. The fourth-order valence-electron chi connectivity index (χ4n) is 1.87. The minimum Gasteiger partial charge on any atom is -0.495 e. The Balaban J connectivity index is 2.43. The first-order chi connectivity index (χ1) is 10.1. The van der Waals surface area contributed by atoms with E-state index in [9.17, 15) is 4.79 Å². The Bertz CT molecular complexity index is 734. The largest absolute Gasteiger partial charge is 0.495 e. The zero-order valence-electron chi connectivity index (χ0n) is 11.9. The van der Waals surface area contributed by atoms with E-state index in [-0.39, 0.29) is 0 Å². The standard InChI is InChI=1S/C18H14O3/c1-4-15-11-17(20-3)16(12-18(15)21-13(2)19)10-9-14-7-5-6-8-14/h1,5-7,11-12H,8H2,2-3H3. The molecule has 0 aromatic heterocycles. The number of hydrogen-bond acceptors (Lipinski definition) is 3. The summed E-state index contributed by atoms with van der Waals surface area (Å²) < 4.78 is 10.4. The summed E-state index contributed by atoms with van der Waals surface area (Å²) in [6.07, 6.45) is 12.2. The van der Waals surface area contributed by atoms with Crippen LogP contribution in [0.2, 0.25) is 0 Å². The molecule has 3 nitrogen and oxygen atoms in total. The molecular weight excluding hydrogens is 264 g/mol. The summed E-state index contributed by atoms with van der Waals surface area (Å²) in [6.45, 7) is 1.32. The van der Waals surface area contributed by atoms with Gasteiger partial charge in [-0.15, -0.1) is 6.42 Å². The van der Waals surface area contributed by atoms with Crippen LogP contribution < -0.4 is 9.47 Å². The SMILES string of the molecule is C#Cc1cc(OC)c(C#CC2=CC=CC2)cc1OC(C)=O. The van der Waals surface area contributed by atoms with Crippen LogP contribution in [0.25, 0.3) is 0 Å². The molecule has 0 atom stereocenters. The van der Waals surface area contributed by atoms with Crippen molar-refractivity contribution in [3.8, 4) is 35.7 Å². The summed E-state index contributed by atoms with van der Waals surface area (Å²) in [7, 11) is 1.54. The van der Waals surface area contributed by atoms with Gasteiger partial charge in [0.25, 0.3) is 0 Å². The Kier molecular flexibility index (Phi) is 4.49.